The lowest BCUT2D eigenvalue weighted by Crippen LogP contribution is -2.36. The number of halogens is 1. The molecule has 1 rings (SSSR count). The molecule has 0 bridgehead atoms. The molecule has 1 atom stereocenters. The van der Waals surface area contributed by atoms with Gasteiger partial charge in [0.2, 0.25) is 0 Å². The molecular weight excluding hydrogens is 207 g/mol. The van der Waals surface area contributed by atoms with E-state index in [4.69, 9.17) is 4.74 Å². The van der Waals surface area contributed by atoms with E-state index >= 15 is 0 Å². The Labute approximate surface area is 95.4 Å². The van der Waals surface area contributed by atoms with Gasteiger partial charge in [-0.2, -0.15) is 0 Å². The number of benzene rings is 1. The van der Waals surface area contributed by atoms with Crippen LogP contribution in [0.1, 0.15) is 31.1 Å². The highest BCUT2D eigenvalue weighted by molar-refractivity contribution is 6.00. The monoisotopic (exact) mass is 224 g/mol. The number of ether oxygens (including phenoxy) is 1. The number of hydrogen-bond donors (Lipinski definition) is 0. The first-order valence-corrected chi connectivity index (χ1v) is 5.19. The average Bonchev–Trinajstić information content (AvgIpc) is 2.17. The second-order valence-corrected chi connectivity index (χ2v) is 4.83. The Kier molecular flexibility index (Phi) is 3.81. The Morgan fingerprint density at radius 3 is 2.31 bits per heavy atom. The summed E-state index contributed by atoms with van der Waals surface area (Å²) in [6, 6.07) is 5.97. The first kappa shape index (κ1) is 12.8. The van der Waals surface area contributed by atoms with Gasteiger partial charge in [-0.1, -0.05) is 32.9 Å². The molecule has 0 fully saturated rings. The predicted molar refractivity (Wildman–Crippen MR) is 61.0 cm³/mol. The van der Waals surface area contributed by atoms with E-state index in [9.17, 15) is 9.18 Å². The standard InChI is InChI=1S/C13H17FO2/c1-13(2,3)12(16-4)11(15)9-7-5-6-8-10(9)14/h5-8,12H,1-4H3. The molecular formula is C13H17FO2. The van der Waals surface area contributed by atoms with Crippen LogP contribution >= 0.6 is 0 Å². The maximum atomic E-state index is 13.4. The molecule has 0 heterocycles. The van der Waals surface area contributed by atoms with Crippen LogP contribution < -0.4 is 0 Å². The quantitative estimate of drug-likeness (QED) is 0.737. The van der Waals surface area contributed by atoms with Crippen molar-refractivity contribution in [2.45, 2.75) is 26.9 Å². The molecule has 88 valence electrons. The van der Waals surface area contributed by atoms with E-state index < -0.39 is 11.9 Å². The van der Waals surface area contributed by atoms with Gasteiger partial charge in [-0.15, -0.1) is 0 Å². The predicted octanol–water partition coefficient (Wildman–Crippen LogP) is 3.07. The molecule has 0 N–H and O–H groups in total. The lowest BCUT2D eigenvalue weighted by atomic mass is 9.84. The third-order valence-corrected chi connectivity index (χ3v) is 2.40. The average molecular weight is 224 g/mol. The fourth-order valence-corrected chi connectivity index (χ4v) is 1.66. The molecule has 0 aromatic heterocycles. The van der Waals surface area contributed by atoms with Crippen molar-refractivity contribution in [1.82, 2.24) is 0 Å². The summed E-state index contributed by atoms with van der Waals surface area (Å²) in [7, 11) is 1.47. The van der Waals surface area contributed by atoms with E-state index in [2.05, 4.69) is 0 Å². The Bertz CT molecular complexity index is 380. The Hall–Kier alpha value is -1.22. The lowest BCUT2D eigenvalue weighted by Gasteiger charge is -2.28. The van der Waals surface area contributed by atoms with Crippen LogP contribution in [0, 0.1) is 11.2 Å². The maximum Gasteiger partial charge on any atom is 0.195 e. The van der Waals surface area contributed by atoms with Gasteiger partial charge < -0.3 is 4.74 Å². The minimum absolute atomic E-state index is 0.0873. The zero-order valence-corrected chi connectivity index (χ0v) is 10.1. The van der Waals surface area contributed by atoms with Crippen molar-refractivity contribution in [2.75, 3.05) is 7.11 Å². The zero-order chi connectivity index (χ0) is 12.3. The maximum absolute atomic E-state index is 13.4. The summed E-state index contributed by atoms with van der Waals surface area (Å²) in [6.45, 7) is 5.67. The van der Waals surface area contributed by atoms with E-state index in [1.165, 1.54) is 19.2 Å². The highest BCUT2D eigenvalue weighted by atomic mass is 19.1. The van der Waals surface area contributed by atoms with Gasteiger partial charge in [0.25, 0.3) is 0 Å². The van der Waals surface area contributed by atoms with Crippen molar-refractivity contribution in [3.63, 3.8) is 0 Å². The van der Waals surface area contributed by atoms with E-state index in [0.29, 0.717) is 0 Å². The molecule has 3 heteroatoms. The van der Waals surface area contributed by atoms with Crippen LogP contribution in [0.15, 0.2) is 24.3 Å². The van der Waals surface area contributed by atoms with Gasteiger partial charge in [-0.3, -0.25) is 4.79 Å². The number of Topliss-reactive ketones (excluding diaryl/α,β-unsaturated/α-hetero) is 1. The summed E-state index contributed by atoms with van der Waals surface area (Å²) in [5.74, 6) is -0.813. The molecule has 0 aliphatic rings. The Morgan fingerprint density at radius 2 is 1.88 bits per heavy atom. The van der Waals surface area contributed by atoms with Gasteiger partial charge in [0.1, 0.15) is 11.9 Å². The minimum Gasteiger partial charge on any atom is -0.373 e. The lowest BCUT2D eigenvalue weighted by molar-refractivity contribution is 0.0192. The van der Waals surface area contributed by atoms with Crippen LogP contribution in [0.5, 0.6) is 0 Å². The van der Waals surface area contributed by atoms with E-state index in [0.717, 1.165) is 0 Å². The van der Waals surface area contributed by atoms with E-state index in [1.807, 2.05) is 20.8 Å². The molecule has 1 aromatic rings. The number of methoxy groups -OCH3 is 1. The van der Waals surface area contributed by atoms with E-state index in [-0.39, 0.29) is 16.8 Å². The molecule has 2 nitrogen and oxygen atoms in total. The van der Waals surface area contributed by atoms with Crippen LogP contribution in [-0.4, -0.2) is 19.0 Å². The van der Waals surface area contributed by atoms with Gasteiger partial charge in [-0.05, 0) is 17.5 Å². The highest BCUT2D eigenvalue weighted by Gasteiger charge is 2.32. The normalized spacial score (nSPS) is 13.6. The topological polar surface area (TPSA) is 26.3 Å². The third-order valence-electron chi connectivity index (χ3n) is 2.40. The summed E-state index contributed by atoms with van der Waals surface area (Å²) in [5, 5.41) is 0. The van der Waals surface area contributed by atoms with Crippen LogP contribution in [0.4, 0.5) is 4.39 Å². The Morgan fingerprint density at radius 1 is 1.31 bits per heavy atom. The van der Waals surface area contributed by atoms with Crippen molar-refractivity contribution in [3.05, 3.63) is 35.6 Å². The van der Waals surface area contributed by atoms with Crippen LogP contribution in [0.25, 0.3) is 0 Å². The second kappa shape index (κ2) is 4.74. The first-order chi connectivity index (χ1) is 7.38. The van der Waals surface area contributed by atoms with Crippen molar-refractivity contribution < 1.29 is 13.9 Å². The highest BCUT2D eigenvalue weighted by Crippen LogP contribution is 2.25. The van der Waals surface area contributed by atoms with Gasteiger partial charge in [0.15, 0.2) is 5.78 Å². The molecule has 0 saturated carbocycles. The molecule has 1 aromatic carbocycles. The molecule has 0 radical (unpaired) electrons. The molecule has 0 aliphatic carbocycles. The number of carbonyl (C=O) groups is 1. The molecule has 0 aliphatic heterocycles. The molecule has 0 amide bonds. The van der Waals surface area contributed by atoms with Crippen LogP contribution in [-0.2, 0) is 4.74 Å². The van der Waals surface area contributed by atoms with Crippen LogP contribution in [0.2, 0.25) is 0 Å². The number of hydrogen-bond acceptors (Lipinski definition) is 2. The minimum atomic E-state index is -0.635. The van der Waals surface area contributed by atoms with Crippen molar-refractivity contribution in [1.29, 1.82) is 0 Å². The summed E-state index contributed by atoms with van der Waals surface area (Å²) >= 11 is 0. The zero-order valence-electron chi connectivity index (χ0n) is 10.1. The third kappa shape index (κ3) is 2.67. The van der Waals surface area contributed by atoms with Gasteiger partial charge in [-0.25, -0.2) is 4.39 Å². The molecule has 0 saturated heterocycles. The summed E-state index contributed by atoms with van der Waals surface area (Å²) < 4.78 is 18.6. The molecule has 1 unspecified atom stereocenters. The number of rotatable bonds is 3. The summed E-state index contributed by atoms with van der Waals surface area (Å²) in [4.78, 5) is 12.1. The van der Waals surface area contributed by atoms with Crippen molar-refractivity contribution in [2.24, 2.45) is 5.41 Å². The first-order valence-electron chi connectivity index (χ1n) is 5.19. The molecule has 0 spiro atoms. The SMILES string of the molecule is COC(C(=O)c1ccccc1F)C(C)(C)C. The summed E-state index contributed by atoms with van der Waals surface area (Å²) in [5.41, 5.74) is -0.266. The van der Waals surface area contributed by atoms with Crippen LogP contribution in [0.3, 0.4) is 0 Å². The van der Waals surface area contributed by atoms with Crippen molar-refractivity contribution in [3.8, 4) is 0 Å². The van der Waals surface area contributed by atoms with Gasteiger partial charge in [0, 0.05) is 7.11 Å². The largest absolute Gasteiger partial charge is 0.373 e. The van der Waals surface area contributed by atoms with Crippen molar-refractivity contribution >= 4 is 5.78 Å². The number of carbonyl (C=O) groups excluding carboxylic acids is 1. The molecule has 16 heavy (non-hydrogen) atoms. The fourth-order valence-electron chi connectivity index (χ4n) is 1.66. The van der Waals surface area contributed by atoms with E-state index in [1.54, 1.807) is 12.1 Å². The van der Waals surface area contributed by atoms with Gasteiger partial charge in [0.05, 0.1) is 5.56 Å². The fraction of sp³-hybridized carbons (Fsp3) is 0.462. The number of ketones is 1. The second-order valence-electron chi connectivity index (χ2n) is 4.83. The van der Waals surface area contributed by atoms with Gasteiger partial charge >= 0.3 is 0 Å². The Balaban J connectivity index is 3.06. The summed E-state index contributed by atoms with van der Waals surface area (Å²) in [6.07, 6.45) is -0.635. The smallest absolute Gasteiger partial charge is 0.195 e.